The number of rotatable bonds is 4. The topological polar surface area (TPSA) is 37.8 Å². The molecule has 1 aromatic heterocycles. The highest BCUT2D eigenvalue weighted by Gasteiger charge is 2.00. The average Bonchev–Trinajstić information content (AvgIpc) is 2.29. The number of hydrogen-bond acceptors (Lipinski definition) is 3. The molecular formula is C12H11F2N3. The van der Waals surface area contributed by atoms with E-state index in [0.29, 0.717) is 18.7 Å². The lowest BCUT2D eigenvalue weighted by Crippen LogP contribution is -2.14. The minimum Gasteiger partial charge on any atom is -0.307 e. The minimum absolute atomic E-state index is 0.388. The standard InChI is InChI=1S/C12H11F2N3/c13-10-3-9(4-11(14)5-10)6-16-7-12-1-2-15-8-17-12/h1-5,8,16H,6-7H2. The molecule has 0 aliphatic heterocycles. The molecule has 2 rings (SSSR count). The van der Waals surface area contributed by atoms with Crippen molar-refractivity contribution in [2.45, 2.75) is 13.1 Å². The quantitative estimate of drug-likeness (QED) is 0.881. The SMILES string of the molecule is Fc1cc(F)cc(CNCc2ccncn2)c1. The van der Waals surface area contributed by atoms with Gasteiger partial charge in [-0.05, 0) is 23.8 Å². The fourth-order valence-electron chi connectivity index (χ4n) is 1.47. The lowest BCUT2D eigenvalue weighted by molar-refractivity contribution is 0.574. The van der Waals surface area contributed by atoms with Crippen molar-refractivity contribution >= 4 is 0 Å². The van der Waals surface area contributed by atoms with E-state index >= 15 is 0 Å². The van der Waals surface area contributed by atoms with Crippen molar-refractivity contribution in [2.75, 3.05) is 0 Å². The molecule has 1 N–H and O–H groups in total. The van der Waals surface area contributed by atoms with E-state index in [1.54, 1.807) is 12.3 Å². The molecule has 0 spiro atoms. The van der Waals surface area contributed by atoms with Gasteiger partial charge in [-0.25, -0.2) is 18.7 Å². The molecule has 0 aliphatic carbocycles. The summed E-state index contributed by atoms with van der Waals surface area (Å²) in [6.45, 7) is 0.916. The highest BCUT2D eigenvalue weighted by Crippen LogP contribution is 2.07. The van der Waals surface area contributed by atoms with Gasteiger partial charge in [0, 0.05) is 25.4 Å². The summed E-state index contributed by atoms with van der Waals surface area (Å²) in [7, 11) is 0. The molecule has 0 aliphatic rings. The van der Waals surface area contributed by atoms with Crippen LogP contribution in [0.5, 0.6) is 0 Å². The van der Waals surface area contributed by atoms with Crippen molar-refractivity contribution in [1.29, 1.82) is 0 Å². The predicted molar refractivity (Wildman–Crippen MR) is 58.9 cm³/mol. The summed E-state index contributed by atoms with van der Waals surface area (Å²) in [6, 6.07) is 5.24. The molecule has 0 bridgehead atoms. The van der Waals surface area contributed by atoms with Crippen molar-refractivity contribution in [3.05, 3.63) is 59.7 Å². The highest BCUT2D eigenvalue weighted by molar-refractivity contribution is 5.17. The molecule has 0 radical (unpaired) electrons. The second kappa shape index (κ2) is 5.45. The fourth-order valence-corrected chi connectivity index (χ4v) is 1.47. The third kappa shape index (κ3) is 3.57. The lowest BCUT2D eigenvalue weighted by Gasteiger charge is -2.04. The van der Waals surface area contributed by atoms with Crippen LogP contribution in [-0.4, -0.2) is 9.97 Å². The smallest absolute Gasteiger partial charge is 0.126 e. The predicted octanol–water partition coefficient (Wildman–Crippen LogP) is 2.04. The van der Waals surface area contributed by atoms with Crippen molar-refractivity contribution in [2.24, 2.45) is 0 Å². The Morgan fingerprint density at radius 3 is 2.47 bits per heavy atom. The fraction of sp³-hybridized carbons (Fsp3) is 0.167. The first-order valence-corrected chi connectivity index (χ1v) is 5.14. The Hall–Kier alpha value is -1.88. The highest BCUT2D eigenvalue weighted by atomic mass is 19.1. The molecule has 5 heteroatoms. The molecule has 0 atom stereocenters. The van der Waals surface area contributed by atoms with E-state index in [9.17, 15) is 8.78 Å². The first-order valence-electron chi connectivity index (χ1n) is 5.14. The van der Waals surface area contributed by atoms with Crippen LogP contribution in [-0.2, 0) is 13.1 Å². The maximum atomic E-state index is 12.9. The zero-order chi connectivity index (χ0) is 12.1. The maximum Gasteiger partial charge on any atom is 0.126 e. The van der Waals surface area contributed by atoms with E-state index in [0.717, 1.165) is 11.8 Å². The molecule has 0 unspecified atom stereocenters. The van der Waals surface area contributed by atoms with Gasteiger partial charge in [0.05, 0.1) is 5.69 Å². The third-order valence-electron chi connectivity index (χ3n) is 2.20. The molecule has 0 saturated carbocycles. The van der Waals surface area contributed by atoms with Crippen LogP contribution in [0.25, 0.3) is 0 Å². The number of hydrogen-bond donors (Lipinski definition) is 1. The van der Waals surface area contributed by atoms with Gasteiger partial charge in [0.1, 0.15) is 18.0 Å². The van der Waals surface area contributed by atoms with E-state index in [4.69, 9.17) is 0 Å². The Bertz CT molecular complexity index is 468. The number of benzene rings is 1. The van der Waals surface area contributed by atoms with Gasteiger partial charge < -0.3 is 5.32 Å². The van der Waals surface area contributed by atoms with Gasteiger partial charge >= 0.3 is 0 Å². The monoisotopic (exact) mass is 235 g/mol. The molecule has 17 heavy (non-hydrogen) atoms. The van der Waals surface area contributed by atoms with Crippen molar-refractivity contribution in [3.8, 4) is 0 Å². The van der Waals surface area contributed by atoms with Crippen molar-refractivity contribution in [1.82, 2.24) is 15.3 Å². The summed E-state index contributed by atoms with van der Waals surface area (Å²) in [6.07, 6.45) is 3.10. The van der Waals surface area contributed by atoms with Gasteiger partial charge in [-0.3, -0.25) is 0 Å². The average molecular weight is 235 g/mol. The zero-order valence-corrected chi connectivity index (χ0v) is 9.03. The summed E-state index contributed by atoms with van der Waals surface area (Å²) in [5.74, 6) is -1.13. The molecule has 1 heterocycles. The molecule has 3 nitrogen and oxygen atoms in total. The molecule has 0 saturated heterocycles. The largest absolute Gasteiger partial charge is 0.307 e. The maximum absolute atomic E-state index is 12.9. The second-order valence-electron chi connectivity index (χ2n) is 3.58. The van der Waals surface area contributed by atoms with Crippen LogP contribution in [0.1, 0.15) is 11.3 Å². The van der Waals surface area contributed by atoms with E-state index in [1.165, 1.54) is 18.5 Å². The van der Waals surface area contributed by atoms with Crippen LogP contribution in [0.4, 0.5) is 8.78 Å². The zero-order valence-electron chi connectivity index (χ0n) is 9.03. The van der Waals surface area contributed by atoms with E-state index in [2.05, 4.69) is 15.3 Å². The van der Waals surface area contributed by atoms with Gasteiger partial charge in [0.2, 0.25) is 0 Å². The molecular weight excluding hydrogens is 224 g/mol. The van der Waals surface area contributed by atoms with Crippen LogP contribution in [0.3, 0.4) is 0 Å². The summed E-state index contributed by atoms with van der Waals surface area (Å²) in [4.78, 5) is 7.82. The van der Waals surface area contributed by atoms with Crippen LogP contribution < -0.4 is 5.32 Å². The van der Waals surface area contributed by atoms with Gasteiger partial charge in [0.15, 0.2) is 0 Å². The molecule has 88 valence electrons. The summed E-state index contributed by atoms with van der Waals surface area (Å²) in [5, 5.41) is 3.05. The van der Waals surface area contributed by atoms with E-state index in [-0.39, 0.29) is 0 Å². The second-order valence-corrected chi connectivity index (χ2v) is 3.58. The minimum atomic E-state index is -0.566. The third-order valence-corrected chi connectivity index (χ3v) is 2.20. The Balaban J connectivity index is 1.90. The Labute approximate surface area is 97.5 Å². The van der Waals surface area contributed by atoms with Crippen LogP contribution in [0.15, 0.2) is 36.8 Å². The number of halogens is 2. The molecule has 2 aromatic rings. The Kier molecular flexibility index (Phi) is 3.72. The Morgan fingerprint density at radius 1 is 1.06 bits per heavy atom. The van der Waals surface area contributed by atoms with Crippen LogP contribution in [0.2, 0.25) is 0 Å². The van der Waals surface area contributed by atoms with E-state index < -0.39 is 11.6 Å². The normalized spacial score (nSPS) is 10.5. The number of aromatic nitrogens is 2. The van der Waals surface area contributed by atoms with Gasteiger partial charge in [-0.2, -0.15) is 0 Å². The molecule has 0 fully saturated rings. The first-order chi connectivity index (χ1) is 8.24. The van der Waals surface area contributed by atoms with Gasteiger partial charge in [-0.1, -0.05) is 0 Å². The summed E-state index contributed by atoms with van der Waals surface area (Å²) >= 11 is 0. The van der Waals surface area contributed by atoms with Crippen LogP contribution >= 0.6 is 0 Å². The van der Waals surface area contributed by atoms with Crippen molar-refractivity contribution in [3.63, 3.8) is 0 Å². The lowest BCUT2D eigenvalue weighted by atomic mass is 10.2. The molecule has 1 aromatic carbocycles. The van der Waals surface area contributed by atoms with E-state index in [1.807, 2.05) is 0 Å². The number of nitrogens with zero attached hydrogens (tertiary/aromatic N) is 2. The van der Waals surface area contributed by atoms with Gasteiger partial charge in [0.25, 0.3) is 0 Å². The number of nitrogens with one attached hydrogen (secondary N) is 1. The Morgan fingerprint density at radius 2 is 1.82 bits per heavy atom. The summed E-state index contributed by atoms with van der Waals surface area (Å²) in [5.41, 5.74) is 1.40. The van der Waals surface area contributed by atoms with Gasteiger partial charge in [-0.15, -0.1) is 0 Å². The van der Waals surface area contributed by atoms with Crippen LogP contribution in [0, 0.1) is 11.6 Å². The molecule has 0 amide bonds. The van der Waals surface area contributed by atoms with Crippen molar-refractivity contribution < 1.29 is 8.78 Å². The first kappa shape index (κ1) is 11.6. The summed E-state index contributed by atoms with van der Waals surface area (Å²) < 4.78 is 25.8.